The van der Waals surface area contributed by atoms with E-state index < -0.39 is 0 Å². The number of hydrogen-bond acceptors (Lipinski definition) is 4. The average molecular weight is 270 g/mol. The normalized spacial score (nSPS) is 10.2. The molecule has 0 atom stereocenters. The van der Waals surface area contributed by atoms with Crippen LogP contribution in [-0.2, 0) is 13.1 Å². The number of hydrogen-bond donors (Lipinski definition) is 1. The highest BCUT2D eigenvalue weighted by atomic mass is 16.5. The maximum Gasteiger partial charge on any atom is 0.123 e. The molecule has 1 aromatic carbocycles. The Labute approximate surface area is 118 Å². The molecule has 0 bridgehead atoms. The van der Waals surface area contributed by atoms with Crippen molar-refractivity contribution in [2.45, 2.75) is 20.0 Å². The van der Waals surface area contributed by atoms with Crippen LogP contribution in [0.2, 0.25) is 0 Å². The van der Waals surface area contributed by atoms with Crippen LogP contribution in [0.1, 0.15) is 23.7 Å². The summed E-state index contributed by atoms with van der Waals surface area (Å²) in [6, 6.07) is 7.58. The third-order valence-corrected chi connectivity index (χ3v) is 3.01. The first-order chi connectivity index (χ1) is 9.76. The first-order valence-electron chi connectivity index (χ1n) is 6.55. The predicted molar refractivity (Wildman–Crippen MR) is 76.4 cm³/mol. The van der Waals surface area contributed by atoms with E-state index in [0.29, 0.717) is 12.1 Å². The summed E-state index contributed by atoms with van der Waals surface area (Å²) in [5.74, 6) is 0.783. The second-order valence-electron chi connectivity index (χ2n) is 4.46. The highest BCUT2D eigenvalue weighted by Gasteiger charge is 2.06. The van der Waals surface area contributed by atoms with Crippen LogP contribution < -0.4 is 10.1 Å². The summed E-state index contributed by atoms with van der Waals surface area (Å²) in [6.45, 7) is 4.39. The van der Waals surface area contributed by atoms with Crippen molar-refractivity contribution in [1.82, 2.24) is 14.9 Å². The Morgan fingerprint density at radius 2 is 2.30 bits per heavy atom. The van der Waals surface area contributed by atoms with Gasteiger partial charge in [-0.2, -0.15) is 5.26 Å². The van der Waals surface area contributed by atoms with E-state index in [2.05, 4.69) is 23.3 Å². The van der Waals surface area contributed by atoms with Gasteiger partial charge in [0, 0.05) is 18.3 Å². The third-order valence-electron chi connectivity index (χ3n) is 3.01. The van der Waals surface area contributed by atoms with Gasteiger partial charge in [-0.15, -0.1) is 0 Å². The first kappa shape index (κ1) is 14.1. The Bertz CT molecular complexity index is 613. The summed E-state index contributed by atoms with van der Waals surface area (Å²) < 4.78 is 7.32. The van der Waals surface area contributed by atoms with Crippen molar-refractivity contribution in [2.24, 2.45) is 0 Å². The van der Waals surface area contributed by atoms with Gasteiger partial charge in [-0.3, -0.25) is 0 Å². The van der Waals surface area contributed by atoms with E-state index in [-0.39, 0.29) is 0 Å². The Morgan fingerprint density at radius 3 is 3.00 bits per heavy atom. The Hall–Kier alpha value is -2.32. The minimum Gasteiger partial charge on any atom is -0.496 e. The van der Waals surface area contributed by atoms with Gasteiger partial charge in [0.1, 0.15) is 5.75 Å². The summed E-state index contributed by atoms with van der Waals surface area (Å²) in [6.07, 6.45) is 3.80. The molecule has 2 rings (SSSR count). The van der Waals surface area contributed by atoms with Crippen molar-refractivity contribution in [1.29, 1.82) is 5.26 Å². The van der Waals surface area contributed by atoms with Crippen LogP contribution in [-0.4, -0.2) is 23.2 Å². The molecule has 20 heavy (non-hydrogen) atoms. The van der Waals surface area contributed by atoms with Crippen molar-refractivity contribution in [3.8, 4) is 11.8 Å². The van der Waals surface area contributed by atoms with E-state index in [9.17, 15) is 0 Å². The zero-order valence-electron chi connectivity index (χ0n) is 11.8. The molecule has 0 aliphatic rings. The topological polar surface area (TPSA) is 62.9 Å². The lowest BCUT2D eigenvalue weighted by Gasteiger charge is -2.09. The smallest absolute Gasteiger partial charge is 0.123 e. The molecule has 0 spiro atoms. The standard InChI is InChI=1S/C15H18N4O/c1-3-17-8-14-10-19(11-18-14)9-13-6-12(7-16)4-5-15(13)20-2/h4-6,10-11,17H,3,8-9H2,1-2H3. The van der Waals surface area contributed by atoms with Gasteiger partial charge >= 0.3 is 0 Å². The monoisotopic (exact) mass is 270 g/mol. The Kier molecular flexibility index (Phi) is 4.75. The Balaban J connectivity index is 2.16. The molecular formula is C15H18N4O. The van der Waals surface area contributed by atoms with E-state index in [1.54, 1.807) is 19.5 Å². The largest absolute Gasteiger partial charge is 0.496 e. The highest BCUT2D eigenvalue weighted by molar-refractivity contribution is 5.42. The fourth-order valence-electron chi connectivity index (χ4n) is 2.01. The molecule has 0 aliphatic carbocycles. The van der Waals surface area contributed by atoms with Gasteiger partial charge < -0.3 is 14.6 Å². The number of rotatable bonds is 6. The second-order valence-corrected chi connectivity index (χ2v) is 4.46. The molecule has 2 aromatic rings. The predicted octanol–water partition coefficient (Wildman–Crippen LogP) is 1.92. The summed E-state index contributed by atoms with van der Waals surface area (Å²) in [4.78, 5) is 4.34. The molecule has 0 radical (unpaired) electrons. The van der Waals surface area contributed by atoms with E-state index >= 15 is 0 Å². The van der Waals surface area contributed by atoms with Crippen LogP contribution in [0.3, 0.4) is 0 Å². The molecule has 5 heteroatoms. The van der Waals surface area contributed by atoms with Crippen LogP contribution in [0.4, 0.5) is 0 Å². The molecule has 5 nitrogen and oxygen atoms in total. The van der Waals surface area contributed by atoms with Gasteiger partial charge in [0.2, 0.25) is 0 Å². The number of nitriles is 1. The zero-order valence-corrected chi connectivity index (χ0v) is 11.8. The van der Waals surface area contributed by atoms with Crippen molar-refractivity contribution in [2.75, 3.05) is 13.7 Å². The van der Waals surface area contributed by atoms with E-state index in [0.717, 1.165) is 30.1 Å². The van der Waals surface area contributed by atoms with Crippen LogP contribution in [0.5, 0.6) is 5.75 Å². The van der Waals surface area contributed by atoms with Crippen molar-refractivity contribution < 1.29 is 4.74 Å². The van der Waals surface area contributed by atoms with E-state index in [1.165, 1.54) is 0 Å². The number of nitrogens with zero attached hydrogens (tertiary/aromatic N) is 3. The SMILES string of the molecule is CCNCc1cn(Cc2cc(C#N)ccc2OC)cn1. The minimum atomic E-state index is 0.633. The fraction of sp³-hybridized carbons (Fsp3) is 0.333. The molecule has 0 unspecified atom stereocenters. The van der Waals surface area contributed by atoms with E-state index in [1.807, 2.05) is 22.9 Å². The van der Waals surface area contributed by atoms with Crippen molar-refractivity contribution >= 4 is 0 Å². The van der Waals surface area contributed by atoms with Gasteiger partial charge in [-0.05, 0) is 24.7 Å². The summed E-state index contributed by atoms with van der Waals surface area (Å²) in [5, 5.41) is 12.2. The third kappa shape index (κ3) is 3.37. The van der Waals surface area contributed by atoms with Crippen LogP contribution in [0.25, 0.3) is 0 Å². The number of ether oxygens (including phenoxy) is 1. The second kappa shape index (κ2) is 6.73. The number of methoxy groups -OCH3 is 1. The molecule has 1 aromatic heterocycles. The van der Waals surface area contributed by atoms with Crippen molar-refractivity contribution in [3.63, 3.8) is 0 Å². The van der Waals surface area contributed by atoms with Crippen molar-refractivity contribution in [3.05, 3.63) is 47.5 Å². The molecule has 0 amide bonds. The quantitative estimate of drug-likeness (QED) is 0.871. The van der Waals surface area contributed by atoms with Gasteiger partial charge in [0.15, 0.2) is 0 Å². The van der Waals surface area contributed by atoms with Crippen LogP contribution in [0, 0.1) is 11.3 Å². The molecule has 1 heterocycles. The van der Waals surface area contributed by atoms with E-state index in [4.69, 9.17) is 10.00 Å². The zero-order chi connectivity index (χ0) is 14.4. The van der Waals surface area contributed by atoms with Gasteiger partial charge in [0.05, 0.1) is 37.3 Å². The van der Waals surface area contributed by atoms with Gasteiger partial charge in [0.25, 0.3) is 0 Å². The average Bonchev–Trinajstić information content (AvgIpc) is 2.92. The fourth-order valence-corrected chi connectivity index (χ4v) is 2.01. The maximum atomic E-state index is 8.97. The minimum absolute atomic E-state index is 0.633. The molecule has 0 saturated heterocycles. The van der Waals surface area contributed by atoms with Gasteiger partial charge in [-0.1, -0.05) is 6.92 Å². The lowest BCUT2D eigenvalue weighted by atomic mass is 10.1. The van der Waals surface area contributed by atoms with Gasteiger partial charge in [-0.25, -0.2) is 4.98 Å². The summed E-state index contributed by atoms with van der Waals surface area (Å²) >= 11 is 0. The van der Waals surface area contributed by atoms with Crippen LogP contribution in [0.15, 0.2) is 30.7 Å². The molecule has 0 saturated carbocycles. The summed E-state index contributed by atoms with van der Waals surface area (Å²) in [5.41, 5.74) is 2.61. The number of nitrogens with one attached hydrogen (secondary N) is 1. The lowest BCUT2D eigenvalue weighted by molar-refractivity contribution is 0.408. The Morgan fingerprint density at radius 1 is 1.45 bits per heavy atom. The first-order valence-corrected chi connectivity index (χ1v) is 6.55. The molecule has 0 fully saturated rings. The van der Waals surface area contributed by atoms with Crippen LogP contribution >= 0.6 is 0 Å². The molecule has 0 aliphatic heterocycles. The summed E-state index contributed by atoms with van der Waals surface area (Å²) in [7, 11) is 1.63. The molecule has 104 valence electrons. The molecular weight excluding hydrogens is 252 g/mol. The number of imidazole rings is 1. The highest BCUT2D eigenvalue weighted by Crippen LogP contribution is 2.20. The lowest BCUT2D eigenvalue weighted by Crippen LogP contribution is -2.11. The number of benzene rings is 1. The molecule has 1 N–H and O–H groups in total. The maximum absolute atomic E-state index is 8.97. The number of aromatic nitrogens is 2.